The minimum absolute atomic E-state index is 0.300. The molecule has 1 aliphatic heterocycles. The van der Waals surface area contributed by atoms with Crippen molar-refractivity contribution in [3.8, 4) is 5.69 Å². The van der Waals surface area contributed by atoms with Crippen LogP contribution in [0, 0.1) is 5.92 Å². The molecule has 0 saturated carbocycles. The fourth-order valence-electron chi connectivity index (χ4n) is 3.04. The topological polar surface area (TPSA) is 72.6 Å². The number of anilines is 1. The van der Waals surface area contributed by atoms with Crippen molar-refractivity contribution in [3.63, 3.8) is 0 Å². The zero-order valence-corrected chi connectivity index (χ0v) is 13.6. The SMILES string of the molecule is C[C@H](NC[C@@H]1CNc2ccnn2C1)c1ccc(-n2cncn2)cc1. The third kappa shape index (κ3) is 3.03. The first-order chi connectivity index (χ1) is 11.8. The van der Waals surface area contributed by atoms with Gasteiger partial charge in [-0.1, -0.05) is 12.1 Å². The van der Waals surface area contributed by atoms with Crippen LogP contribution in [0.5, 0.6) is 0 Å². The smallest absolute Gasteiger partial charge is 0.138 e. The molecular weight excluding hydrogens is 302 g/mol. The summed E-state index contributed by atoms with van der Waals surface area (Å²) in [5.74, 6) is 1.65. The Kier molecular flexibility index (Phi) is 4.00. The summed E-state index contributed by atoms with van der Waals surface area (Å²) in [5, 5.41) is 15.5. The van der Waals surface area contributed by atoms with Gasteiger partial charge in [0.2, 0.25) is 0 Å². The molecule has 0 bridgehead atoms. The summed E-state index contributed by atoms with van der Waals surface area (Å²) in [6.45, 7) is 5.09. The monoisotopic (exact) mass is 323 g/mol. The molecule has 7 nitrogen and oxygen atoms in total. The Hall–Kier alpha value is -2.67. The van der Waals surface area contributed by atoms with Gasteiger partial charge < -0.3 is 10.6 Å². The van der Waals surface area contributed by atoms with Gasteiger partial charge in [0.1, 0.15) is 18.5 Å². The summed E-state index contributed by atoms with van der Waals surface area (Å²) in [7, 11) is 0. The van der Waals surface area contributed by atoms with Crippen molar-refractivity contribution < 1.29 is 0 Å². The molecule has 0 aliphatic carbocycles. The van der Waals surface area contributed by atoms with Crippen molar-refractivity contribution in [3.05, 3.63) is 54.7 Å². The molecule has 0 radical (unpaired) electrons. The number of rotatable bonds is 5. The molecule has 3 heterocycles. The van der Waals surface area contributed by atoms with E-state index in [0.717, 1.165) is 31.1 Å². The van der Waals surface area contributed by atoms with Crippen LogP contribution >= 0.6 is 0 Å². The predicted octanol–water partition coefficient (Wildman–Crippen LogP) is 1.86. The maximum atomic E-state index is 4.34. The van der Waals surface area contributed by atoms with Crippen molar-refractivity contribution >= 4 is 5.82 Å². The van der Waals surface area contributed by atoms with Crippen molar-refractivity contribution in [2.75, 3.05) is 18.4 Å². The molecule has 4 rings (SSSR count). The Morgan fingerprint density at radius 1 is 1.25 bits per heavy atom. The van der Waals surface area contributed by atoms with Gasteiger partial charge >= 0.3 is 0 Å². The number of benzene rings is 1. The number of hydrogen-bond acceptors (Lipinski definition) is 5. The average Bonchev–Trinajstić information content (AvgIpc) is 3.31. The lowest BCUT2D eigenvalue weighted by atomic mass is 10.1. The second-order valence-corrected chi connectivity index (χ2v) is 6.21. The van der Waals surface area contributed by atoms with E-state index >= 15 is 0 Å². The molecule has 2 N–H and O–H groups in total. The van der Waals surface area contributed by atoms with Crippen LogP contribution in [0.3, 0.4) is 0 Å². The van der Waals surface area contributed by atoms with Crippen LogP contribution in [0.1, 0.15) is 18.5 Å². The van der Waals surface area contributed by atoms with E-state index in [2.05, 4.69) is 57.0 Å². The molecular formula is C17H21N7. The quantitative estimate of drug-likeness (QED) is 0.750. The average molecular weight is 323 g/mol. The van der Waals surface area contributed by atoms with Crippen LogP contribution < -0.4 is 10.6 Å². The van der Waals surface area contributed by atoms with Crippen LogP contribution in [-0.2, 0) is 6.54 Å². The van der Waals surface area contributed by atoms with Crippen molar-refractivity contribution in [1.29, 1.82) is 0 Å². The van der Waals surface area contributed by atoms with Crippen LogP contribution in [0.15, 0.2) is 49.2 Å². The van der Waals surface area contributed by atoms with Crippen LogP contribution in [0.4, 0.5) is 5.82 Å². The summed E-state index contributed by atoms with van der Waals surface area (Å²) in [5.41, 5.74) is 2.29. The third-order valence-corrected chi connectivity index (χ3v) is 4.51. The highest BCUT2D eigenvalue weighted by molar-refractivity contribution is 5.36. The van der Waals surface area contributed by atoms with Crippen LogP contribution in [0.2, 0.25) is 0 Å². The second kappa shape index (κ2) is 6.45. The number of fused-ring (bicyclic) bond motifs is 1. The fourth-order valence-corrected chi connectivity index (χ4v) is 3.04. The first-order valence-corrected chi connectivity index (χ1v) is 8.23. The van der Waals surface area contributed by atoms with E-state index in [1.165, 1.54) is 5.56 Å². The van der Waals surface area contributed by atoms with Gasteiger partial charge in [0, 0.05) is 37.7 Å². The summed E-state index contributed by atoms with van der Waals surface area (Å²) in [4.78, 5) is 3.98. The third-order valence-electron chi connectivity index (χ3n) is 4.51. The molecule has 0 unspecified atom stereocenters. The summed E-state index contributed by atoms with van der Waals surface area (Å²) in [6, 6.07) is 10.7. The lowest BCUT2D eigenvalue weighted by Gasteiger charge is -2.26. The van der Waals surface area contributed by atoms with Gasteiger partial charge in [-0.15, -0.1) is 0 Å². The molecule has 3 aromatic rings. The van der Waals surface area contributed by atoms with Gasteiger partial charge in [-0.2, -0.15) is 10.2 Å². The molecule has 0 saturated heterocycles. The molecule has 1 aromatic carbocycles. The van der Waals surface area contributed by atoms with E-state index in [-0.39, 0.29) is 0 Å². The highest BCUT2D eigenvalue weighted by atomic mass is 15.3. The van der Waals surface area contributed by atoms with Crippen molar-refractivity contribution in [1.82, 2.24) is 29.9 Å². The van der Waals surface area contributed by atoms with Gasteiger partial charge in [0.05, 0.1) is 11.9 Å². The first-order valence-electron chi connectivity index (χ1n) is 8.23. The van der Waals surface area contributed by atoms with E-state index < -0.39 is 0 Å². The molecule has 0 spiro atoms. The number of aromatic nitrogens is 5. The van der Waals surface area contributed by atoms with Crippen molar-refractivity contribution in [2.45, 2.75) is 19.5 Å². The Labute approximate surface area is 140 Å². The molecule has 2 aromatic heterocycles. The van der Waals surface area contributed by atoms with Gasteiger partial charge in [0.15, 0.2) is 0 Å². The normalized spacial score (nSPS) is 18.0. The Morgan fingerprint density at radius 3 is 2.92 bits per heavy atom. The molecule has 0 amide bonds. The highest BCUT2D eigenvalue weighted by Gasteiger charge is 2.18. The van der Waals surface area contributed by atoms with Crippen LogP contribution in [0.25, 0.3) is 5.69 Å². The van der Waals surface area contributed by atoms with E-state index in [9.17, 15) is 0 Å². The number of nitrogens with zero attached hydrogens (tertiary/aromatic N) is 5. The van der Waals surface area contributed by atoms with E-state index in [4.69, 9.17) is 0 Å². The lowest BCUT2D eigenvalue weighted by Crippen LogP contribution is -2.36. The molecule has 0 fully saturated rings. The number of hydrogen-bond donors (Lipinski definition) is 2. The zero-order valence-electron chi connectivity index (χ0n) is 13.6. The predicted molar refractivity (Wildman–Crippen MR) is 92.0 cm³/mol. The van der Waals surface area contributed by atoms with Gasteiger partial charge in [-0.05, 0) is 24.6 Å². The van der Waals surface area contributed by atoms with E-state index in [1.54, 1.807) is 17.3 Å². The zero-order chi connectivity index (χ0) is 16.4. The number of nitrogens with one attached hydrogen (secondary N) is 2. The Bertz CT molecular complexity index is 776. The Morgan fingerprint density at radius 2 is 2.12 bits per heavy atom. The molecule has 7 heteroatoms. The van der Waals surface area contributed by atoms with Crippen LogP contribution in [-0.4, -0.2) is 37.6 Å². The minimum atomic E-state index is 0.300. The van der Waals surface area contributed by atoms with E-state index in [0.29, 0.717) is 12.0 Å². The Balaban J connectivity index is 1.34. The first kappa shape index (κ1) is 14.9. The van der Waals surface area contributed by atoms with E-state index in [1.807, 2.05) is 16.9 Å². The maximum Gasteiger partial charge on any atom is 0.138 e. The summed E-state index contributed by atoms with van der Waals surface area (Å²) >= 11 is 0. The molecule has 1 aliphatic rings. The van der Waals surface area contributed by atoms with Gasteiger partial charge in [-0.3, -0.25) is 0 Å². The molecule has 124 valence electrons. The van der Waals surface area contributed by atoms with Gasteiger partial charge in [-0.25, -0.2) is 14.3 Å². The lowest BCUT2D eigenvalue weighted by molar-refractivity contribution is 0.376. The molecule has 2 atom stereocenters. The largest absolute Gasteiger partial charge is 0.370 e. The maximum absolute atomic E-state index is 4.34. The highest BCUT2D eigenvalue weighted by Crippen LogP contribution is 2.18. The second-order valence-electron chi connectivity index (χ2n) is 6.21. The minimum Gasteiger partial charge on any atom is -0.370 e. The van der Waals surface area contributed by atoms with Gasteiger partial charge in [0.25, 0.3) is 0 Å². The standard InChI is InChI=1S/C17H21N7/c1-13(15-2-4-16(5-3-15)24-12-18-11-22-24)19-8-14-9-20-17-6-7-21-23(17)10-14/h2-7,11-14,19-20H,8-10H2,1H3/t13-,14+/m0/s1. The van der Waals surface area contributed by atoms with Crippen molar-refractivity contribution in [2.24, 2.45) is 5.92 Å². The fraction of sp³-hybridized carbons (Fsp3) is 0.353. The molecule has 24 heavy (non-hydrogen) atoms. The summed E-state index contributed by atoms with van der Waals surface area (Å²) < 4.78 is 3.80. The summed E-state index contributed by atoms with van der Waals surface area (Å²) in [6.07, 6.45) is 5.09.